The molecule has 0 unspecified atom stereocenters. The van der Waals surface area contributed by atoms with E-state index in [1.165, 1.54) is 16.7 Å². The average Bonchev–Trinajstić information content (AvgIpc) is 3.05. The normalized spacial score (nSPS) is 14.5. The number of aromatic carboxylic acids is 1. The van der Waals surface area contributed by atoms with Crippen LogP contribution >= 0.6 is 0 Å². The third-order valence-corrected chi connectivity index (χ3v) is 4.62. The minimum Gasteiger partial charge on any atom is -0.494 e. The fraction of sp³-hybridized carbons (Fsp3) is 0.190. The molecule has 0 spiro atoms. The summed E-state index contributed by atoms with van der Waals surface area (Å²) < 4.78 is 6.86. The van der Waals surface area contributed by atoms with Crippen LogP contribution in [0.3, 0.4) is 0 Å². The van der Waals surface area contributed by atoms with Crippen LogP contribution in [0.4, 0.5) is 0 Å². The van der Waals surface area contributed by atoms with Crippen LogP contribution in [0.5, 0.6) is 5.75 Å². The lowest BCUT2D eigenvalue weighted by molar-refractivity contribution is 0.0696. The second kappa shape index (κ2) is 6.72. The van der Waals surface area contributed by atoms with E-state index < -0.39 is 5.97 Å². The van der Waals surface area contributed by atoms with E-state index in [0.29, 0.717) is 29.9 Å². The first-order valence-electron chi connectivity index (χ1n) is 8.79. The number of carbonyl (C=O) groups is 1. The van der Waals surface area contributed by atoms with Gasteiger partial charge in [0, 0.05) is 11.8 Å². The number of carboxylic acid groups (broad SMARTS) is 1. The summed E-state index contributed by atoms with van der Waals surface area (Å²) in [5, 5.41) is 9.14. The number of rotatable bonds is 4. The zero-order valence-corrected chi connectivity index (χ0v) is 14.8. The molecule has 1 N–H and O–H groups in total. The first-order chi connectivity index (χ1) is 13.1. The summed E-state index contributed by atoms with van der Waals surface area (Å²) in [6.45, 7) is 2.54. The Balaban J connectivity index is 1.81. The van der Waals surface area contributed by atoms with E-state index in [1.807, 2.05) is 37.3 Å². The van der Waals surface area contributed by atoms with Crippen molar-refractivity contribution in [1.82, 2.24) is 9.38 Å². The number of nitrogens with zero attached hydrogens (tertiary/aromatic N) is 2. The van der Waals surface area contributed by atoms with Gasteiger partial charge in [-0.15, -0.1) is 0 Å². The Morgan fingerprint density at radius 3 is 2.93 bits per heavy atom. The molecule has 4 rings (SSSR count). The predicted molar refractivity (Wildman–Crippen MR) is 102 cm³/mol. The van der Waals surface area contributed by atoms with Crippen LogP contribution in [0, 0.1) is 0 Å². The van der Waals surface area contributed by atoms with Gasteiger partial charge in [0.2, 0.25) is 0 Å². The number of hydrogen-bond acceptors (Lipinski definition) is 4. The van der Waals surface area contributed by atoms with Gasteiger partial charge in [0.05, 0.1) is 17.9 Å². The number of fused-ring (bicyclic) bond motifs is 2. The molecule has 0 radical (unpaired) electrons. The molecule has 0 amide bonds. The summed E-state index contributed by atoms with van der Waals surface area (Å²) in [4.78, 5) is 28.6. The van der Waals surface area contributed by atoms with Gasteiger partial charge in [0.15, 0.2) is 0 Å². The fourth-order valence-electron chi connectivity index (χ4n) is 3.37. The lowest BCUT2D eigenvalue weighted by atomic mass is 10.1. The first kappa shape index (κ1) is 17.0. The van der Waals surface area contributed by atoms with E-state index in [4.69, 9.17) is 9.84 Å². The lowest BCUT2D eigenvalue weighted by Crippen LogP contribution is -2.20. The van der Waals surface area contributed by atoms with E-state index in [0.717, 1.165) is 23.3 Å². The Hall–Kier alpha value is -3.41. The van der Waals surface area contributed by atoms with Crippen molar-refractivity contribution in [1.29, 1.82) is 0 Å². The van der Waals surface area contributed by atoms with Gasteiger partial charge in [-0.3, -0.25) is 9.20 Å². The van der Waals surface area contributed by atoms with Crippen LogP contribution in [0.25, 0.3) is 17.3 Å². The van der Waals surface area contributed by atoms with E-state index >= 15 is 0 Å². The number of pyridine rings is 1. The fourth-order valence-corrected chi connectivity index (χ4v) is 3.37. The predicted octanol–water partition coefficient (Wildman–Crippen LogP) is 3.28. The maximum Gasteiger partial charge on any atom is 0.337 e. The van der Waals surface area contributed by atoms with Crippen molar-refractivity contribution in [3.8, 4) is 5.75 Å². The molecule has 27 heavy (non-hydrogen) atoms. The lowest BCUT2D eigenvalue weighted by Gasteiger charge is -2.07. The summed E-state index contributed by atoms with van der Waals surface area (Å²) in [6.07, 6.45) is 4.68. The Morgan fingerprint density at radius 2 is 2.15 bits per heavy atom. The number of ether oxygens (including phenoxy) is 1. The Labute approximate surface area is 155 Å². The van der Waals surface area contributed by atoms with Crippen LogP contribution in [0.2, 0.25) is 0 Å². The van der Waals surface area contributed by atoms with Crippen molar-refractivity contribution in [2.24, 2.45) is 0 Å². The molecular formula is C21H18N2O4. The van der Waals surface area contributed by atoms with Crippen molar-refractivity contribution in [3.05, 3.63) is 75.3 Å². The van der Waals surface area contributed by atoms with Gasteiger partial charge in [-0.05, 0) is 61.2 Å². The van der Waals surface area contributed by atoms with Crippen LogP contribution in [-0.2, 0) is 6.42 Å². The number of benzene rings is 1. The molecular weight excluding hydrogens is 344 g/mol. The monoisotopic (exact) mass is 362 g/mol. The van der Waals surface area contributed by atoms with Crippen LogP contribution < -0.4 is 10.3 Å². The molecule has 0 fully saturated rings. The van der Waals surface area contributed by atoms with Crippen LogP contribution in [-0.4, -0.2) is 27.1 Å². The maximum atomic E-state index is 12.8. The molecule has 0 saturated carbocycles. The SMILES string of the molecule is CCOc1cccc(/C=C2\CCc3c2nc2ccc(C(=O)O)cn2c3=O)c1. The average molecular weight is 362 g/mol. The summed E-state index contributed by atoms with van der Waals surface area (Å²) in [7, 11) is 0. The number of carboxylic acids is 1. The summed E-state index contributed by atoms with van der Waals surface area (Å²) >= 11 is 0. The van der Waals surface area contributed by atoms with Gasteiger partial charge < -0.3 is 9.84 Å². The molecule has 0 atom stereocenters. The molecule has 0 aliphatic heterocycles. The highest BCUT2D eigenvalue weighted by Gasteiger charge is 2.23. The van der Waals surface area contributed by atoms with E-state index in [1.54, 1.807) is 6.07 Å². The minimum absolute atomic E-state index is 0.0628. The second-order valence-electron chi connectivity index (χ2n) is 6.37. The topological polar surface area (TPSA) is 80.9 Å². The van der Waals surface area contributed by atoms with Gasteiger partial charge in [0.25, 0.3) is 5.56 Å². The molecule has 0 saturated heterocycles. The third-order valence-electron chi connectivity index (χ3n) is 4.62. The van der Waals surface area contributed by atoms with Gasteiger partial charge in [-0.2, -0.15) is 0 Å². The summed E-state index contributed by atoms with van der Waals surface area (Å²) in [5.41, 5.74) is 3.62. The van der Waals surface area contributed by atoms with Crippen molar-refractivity contribution in [2.75, 3.05) is 6.61 Å². The summed E-state index contributed by atoms with van der Waals surface area (Å²) in [5.74, 6) is -0.267. The smallest absolute Gasteiger partial charge is 0.337 e. The second-order valence-corrected chi connectivity index (χ2v) is 6.37. The van der Waals surface area contributed by atoms with E-state index in [-0.39, 0.29) is 11.1 Å². The molecule has 1 aliphatic rings. The zero-order valence-electron chi connectivity index (χ0n) is 14.8. The molecule has 2 heterocycles. The Kier molecular flexibility index (Phi) is 4.24. The Bertz CT molecular complexity index is 1140. The number of allylic oxidation sites excluding steroid dienone is 1. The van der Waals surface area contributed by atoms with E-state index in [2.05, 4.69) is 4.98 Å². The van der Waals surface area contributed by atoms with Gasteiger partial charge in [0.1, 0.15) is 11.4 Å². The highest BCUT2D eigenvalue weighted by Crippen LogP contribution is 2.31. The van der Waals surface area contributed by atoms with Gasteiger partial charge >= 0.3 is 5.97 Å². The summed E-state index contributed by atoms with van der Waals surface area (Å²) in [6, 6.07) is 10.8. The van der Waals surface area contributed by atoms with Crippen molar-refractivity contribution < 1.29 is 14.6 Å². The Morgan fingerprint density at radius 1 is 1.30 bits per heavy atom. The molecule has 6 nitrogen and oxygen atoms in total. The largest absolute Gasteiger partial charge is 0.494 e. The molecule has 136 valence electrons. The van der Waals surface area contributed by atoms with Crippen molar-refractivity contribution in [2.45, 2.75) is 19.8 Å². The van der Waals surface area contributed by atoms with E-state index in [9.17, 15) is 9.59 Å². The number of hydrogen-bond donors (Lipinski definition) is 1. The zero-order chi connectivity index (χ0) is 19.0. The van der Waals surface area contributed by atoms with Gasteiger partial charge in [-0.1, -0.05) is 12.1 Å². The van der Waals surface area contributed by atoms with Gasteiger partial charge in [-0.25, -0.2) is 9.78 Å². The molecule has 1 aromatic carbocycles. The van der Waals surface area contributed by atoms with Crippen molar-refractivity contribution in [3.63, 3.8) is 0 Å². The molecule has 6 heteroatoms. The van der Waals surface area contributed by atoms with Crippen LogP contribution in [0.15, 0.2) is 47.4 Å². The van der Waals surface area contributed by atoms with Crippen molar-refractivity contribution >= 4 is 23.3 Å². The van der Waals surface area contributed by atoms with Crippen LogP contribution in [0.1, 0.15) is 40.5 Å². The quantitative estimate of drug-likeness (QED) is 0.770. The molecule has 3 aromatic rings. The molecule has 0 bridgehead atoms. The highest BCUT2D eigenvalue weighted by molar-refractivity contribution is 5.88. The third kappa shape index (κ3) is 3.10. The highest BCUT2D eigenvalue weighted by atomic mass is 16.5. The minimum atomic E-state index is -1.07. The molecule has 1 aliphatic carbocycles. The maximum absolute atomic E-state index is 12.8. The first-order valence-corrected chi connectivity index (χ1v) is 8.79. The molecule has 2 aromatic heterocycles. The number of aromatic nitrogens is 2. The standard InChI is InChI=1S/C21H18N2O4/c1-2-27-16-5-3-4-13(11-16)10-14-6-8-17-19(14)22-18-9-7-15(21(25)26)12-23(18)20(17)24/h3-5,7,9-12H,2,6,8H2,1H3,(H,25,26)/b14-10+.